The summed E-state index contributed by atoms with van der Waals surface area (Å²) in [6, 6.07) is 12.3. The maximum Gasteiger partial charge on any atom is 0.270 e. The normalized spacial score (nSPS) is 15.2. The highest BCUT2D eigenvalue weighted by atomic mass is 32.2. The second-order valence-electron chi connectivity index (χ2n) is 6.86. The third-order valence-electron chi connectivity index (χ3n) is 4.81. The number of sulfonamides is 1. The van der Waals surface area contributed by atoms with Crippen LogP contribution in [0.15, 0.2) is 53.4 Å². The fourth-order valence-corrected chi connectivity index (χ4v) is 4.69. The Hall–Kier alpha value is -2.98. The molecule has 0 N–H and O–H groups in total. The smallest absolute Gasteiger partial charge is 0.270 e. The summed E-state index contributed by atoms with van der Waals surface area (Å²) in [5.74, 6) is -0.353. The lowest BCUT2D eigenvalue weighted by molar-refractivity contribution is -0.384. The van der Waals surface area contributed by atoms with Gasteiger partial charge in [-0.2, -0.15) is 4.31 Å². The molecule has 0 aromatic heterocycles. The first-order chi connectivity index (χ1) is 13.7. The molecule has 1 amide bonds. The minimum Gasteiger partial charge on any atom is -0.377 e. The molecule has 1 aliphatic heterocycles. The molecule has 2 aromatic rings. The van der Waals surface area contributed by atoms with Gasteiger partial charge in [-0.3, -0.25) is 14.9 Å². The number of hydrogen-bond donors (Lipinski definition) is 0. The molecule has 2 aromatic carbocycles. The van der Waals surface area contributed by atoms with Crippen molar-refractivity contribution in [3.05, 3.63) is 64.2 Å². The van der Waals surface area contributed by atoms with E-state index in [0.29, 0.717) is 5.69 Å². The molecular weight excluding hydrogens is 396 g/mol. The van der Waals surface area contributed by atoms with Gasteiger partial charge in [-0.25, -0.2) is 8.42 Å². The van der Waals surface area contributed by atoms with Gasteiger partial charge in [0.1, 0.15) is 0 Å². The van der Waals surface area contributed by atoms with Crippen LogP contribution in [-0.2, 0) is 10.0 Å². The summed E-state index contributed by atoms with van der Waals surface area (Å²) in [5.41, 5.74) is 0.632. The van der Waals surface area contributed by atoms with Gasteiger partial charge in [-0.15, -0.1) is 0 Å². The number of hydrogen-bond acceptors (Lipinski definition) is 6. The molecule has 1 heterocycles. The molecule has 0 radical (unpaired) electrons. The van der Waals surface area contributed by atoms with Gasteiger partial charge in [0.25, 0.3) is 11.6 Å². The van der Waals surface area contributed by atoms with Gasteiger partial charge in [0.05, 0.1) is 15.4 Å². The number of nitro groups is 1. The van der Waals surface area contributed by atoms with Gasteiger partial charge < -0.3 is 9.80 Å². The number of non-ortho nitro benzene ring substituents is 1. The number of nitrogens with zero attached hydrogens (tertiary/aromatic N) is 4. The van der Waals surface area contributed by atoms with Crippen molar-refractivity contribution in [3.8, 4) is 0 Å². The molecule has 1 saturated heterocycles. The lowest BCUT2D eigenvalue weighted by Gasteiger charge is -2.34. The Morgan fingerprint density at radius 2 is 1.66 bits per heavy atom. The number of carbonyl (C=O) groups is 1. The lowest BCUT2D eigenvalue weighted by Crippen LogP contribution is -2.50. The molecule has 3 rings (SSSR count). The molecule has 1 fully saturated rings. The van der Waals surface area contributed by atoms with Crippen molar-refractivity contribution in [2.75, 3.05) is 45.2 Å². The second-order valence-corrected chi connectivity index (χ2v) is 8.80. The highest BCUT2D eigenvalue weighted by molar-refractivity contribution is 7.89. The van der Waals surface area contributed by atoms with Crippen LogP contribution in [0.4, 0.5) is 11.4 Å². The van der Waals surface area contributed by atoms with Crippen molar-refractivity contribution in [1.29, 1.82) is 0 Å². The Morgan fingerprint density at radius 1 is 1.03 bits per heavy atom. The highest BCUT2D eigenvalue weighted by Crippen LogP contribution is 2.26. The van der Waals surface area contributed by atoms with E-state index in [1.165, 1.54) is 21.3 Å². The first-order valence-electron chi connectivity index (χ1n) is 9.02. The molecule has 0 atom stereocenters. The van der Waals surface area contributed by atoms with E-state index >= 15 is 0 Å². The zero-order valence-electron chi connectivity index (χ0n) is 16.2. The third kappa shape index (κ3) is 4.22. The molecule has 29 heavy (non-hydrogen) atoms. The van der Waals surface area contributed by atoms with Gasteiger partial charge in [0.2, 0.25) is 10.0 Å². The van der Waals surface area contributed by atoms with Crippen LogP contribution in [0, 0.1) is 10.1 Å². The van der Waals surface area contributed by atoms with Gasteiger partial charge in [0.15, 0.2) is 0 Å². The van der Waals surface area contributed by atoms with Gasteiger partial charge in [-0.05, 0) is 18.2 Å². The molecule has 10 heteroatoms. The van der Waals surface area contributed by atoms with E-state index in [1.54, 1.807) is 55.4 Å². The number of carbonyl (C=O) groups excluding carboxylic acids is 1. The van der Waals surface area contributed by atoms with Crippen LogP contribution in [0.5, 0.6) is 0 Å². The van der Waals surface area contributed by atoms with Crippen molar-refractivity contribution in [1.82, 2.24) is 9.21 Å². The van der Waals surface area contributed by atoms with Crippen LogP contribution in [0.2, 0.25) is 0 Å². The van der Waals surface area contributed by atoms with Crippen LogP contribution in [-0.4, -0.2) is 68.7 Å². The Balaban J connectivity index is 1.79. The summed E-state index contributed by atoms with van der Waals surface area (Å²) in [6.07, 6.45) is 0. The number of rotatable bonds is 5. The number of nitro benzene ring substituents is 1. The summed E-state index contributed by atoms with van der Waals surface area (Å²) in [5, 5.41) is 11.1. The predicted molar refractivity (Wildman–Crippen MR) is 109 cm³/mol. The summed E-state index contributed by atoms with van der Waals surface area (Å²) >= 11 is 0. The van der Waals surface area contributed by atoms with E-state index in [1.807, 2.05) is 0 Å². The van der Waals surface area contributed by atoms with Crippen LogP contribution < -0.4 is 4.90 Å². The summed E-state index contributed by atoms with van der Waals surface area (Å²) in [6.45, 7) is 0.741. The Bertz CT molecular complexity index is 1020. The Labute approximate surface area is 169 Å². The second kappa shape index (κ2) is 8.18. The van der Waals surface area contributed by atoms with Crippen LogP contribution in [0.3, 0.4) is 0 Å². The first-order valence-corrected chi connectivity index (χ1v) is 10.5. The third-order valence-corrected chi connectivity index (χ3v) is 6.72. The molecule has 0 saturated carbocycles. The first kappa shape index (κ1) is 20.7. The molecule has 0 spiro atoms. The zero-order valence-corrected chi connectivity index (χ0v) is 17.0. The maximum atomic E-state index is 13.0. The molecule has 154 valence electrons. The van der Waals surface area contributed by atoms with Crippen LogP contribution in [0.25, 0.3) is 0 Å². The van der Waals surface area contributed by atoms with E-state index in [-0.39, 0.29) is 48.2 Å². The van der Waals surface area contributed by atoms with Gasteiger partial charge in [-0.1, -0.05) is 18.2 Å². The topological polar surface area (TPSA) is 104 Å². The number of benzene rings is 2. The Morgan fingerprint density at radius 3 is 2.21 bits per heavy atom. The lowest BCUT2D eigenvalue weighted by atomic mass is 10.1. The van der Waals surface area contributed by atoms with E-state index in [0.717, 1.165) is 0 Å². The minimum absolute atomic E-state index is 0.162. The van der Waals surface area contributed by atoms with Gasteiger partial charge >= 0.3 is 0 Å². The van der Waals surface area contributed by atoms with Crippen molar-refractivity contribution in [2.45, 2.75) is 4.90 Å². The standard InChI is InChI=1S/C19H22N4O5S/c1-20(2)18-9-8-15(23(25)26)14-17(18)19(24)21-10-12-22(13-11-21)29(27,28)16-6-4-3-5-7-16/h3-9,14H,10-13H2,1-2H3. The fraction of sp³-hybridized carbons (Fsp3) is 0.316. The Kier molecular flexibility index (Phi) is 5.85. The van der Waals surface area contributed by atoms with E-state index in [4.69, 9.17) is 0 Å². The SMILES string of the molecule is CN(C)c1ccc([N+](=O)[O-])cc1C(=O)N1CCN(S(=O)(=O)c2ccccc2)CC1. The quantitative estimate of drug-likeness (QED) is 0.542. The van der Waals surface area contributed by atoms with Crippen molar-refractivity contribution >= 4 is 27.3 Å². The molecule has 0 bridgehead atoms. The average molecular weight is 418 g/mol. The van der Waals surface area contributed by atoms with Gasteiger partial charge in [0, 0.05) is 58.1 Å². The number of amides is 1. The van der Waals surface area contributed by atoms with Crippen LogP contribution in [0.1, 0.15) is 10.4 Å². The maximum absolute atomic E-state index is 13.0. The largest absolute Gasteiger partial charge is 0.377 e. The molecular formula is C19H22N4O5S. The van der Waals surface area contributed by atoms with E-state index in [2.05, 4.69) is 0 Å². The predicted octanol–water partition coefficient (Wildman–Crippen LogP) is 1.81. The average Bonchev–Trinajstić information content (AvgIpc) is 2.73. The van der Waals surface area contributed by atoms with Crippen LogP contribution >= 0.6 is 0 Å². The molecule has 9 nitrogen and oxygen atoms in total. The monoisotopic (exact) mass is 418 g/mol. The molecule has 0 aliphatic carbocycles. The number of piperazine rings is 1. The summed E-state index contributed by atoms with van der Waals surface area (Å²) in [4.78, 5) is 27.1. The highest BCUT2D eigenvalue weighted by Gasteiger charge is 2.31. The zero-order chi connectivity index (χ0) is 21.2. The van der Waals surface area contributed by atoms with Crippen molar-refractivity contribution in [3.63, 3.8) is 0 Å². The number of anilines is 1. The van der Waals surface area contributed by atoms with Crippen molar-refractivity contribution in [2.24, 2.45) is 0 Å². The minimum atomic E-state index is -3.62. The van der Waals surface area contributed by atoms with E-state index in [9.17, 15) is 23.3 Å². The molecule has 1 aliphatic rings. The van der Waals surface area contributed by atoms with Crippen molar-refractivity contribution < 1.29 is 18.1 Å². The fourth-order valence-electron chi connectivity index (χ4n) is 3.24. The molecule has 0 unspecified atom stereocenters. The van der Waals surface area contributed by atoms with E-state index < -0.39 is 14.9 Å². The summed E-state index contributed by atoms with van der Waals surface area (Å²) < 4.78 is 26.8. The summed E-state index contributed by atoms with van der Waals surface area (Å²) in [7, 11) is -0.113.